The molecule has 3 nitrogen and oxygen atoms in total. The van der Waals surface area contributed by atoms with E-state index in [0.717, 1.165) is 52.3 Å². The maximum absolute atomic E-state index is 5.59. The Balaban J connectivity index is 1.13. The maximum atomic E-state index is 5.59. The number of nitrogens with zero attached hydrogens (tertiary/aromatic N) is 3. The second-order valence-corrected chi connectivity index (χ2v) is 16.6. The van der Waals surface area contributed by atoms with Crippen molar-refractivity contribution in [3.63, 3.8) is 0 Å². The first-order valence-electron chi connectivity index (χ1n) is 22.2. The molecule has 12 rings (SSSR count). The summed E-state index contributed by atoms with van der Waals surface area (Å²) in [5.74, 6) is 0. The minimum Gasteiger partial charge on any atom is -0.309 e. The van der Waals surface area contributed by atoms with Crippen molar-refractivity contribution in [2.24, 2.45) is 4.99 Å². The predicted octanol–water partition coefficient (Wildman–Crippen LogP) is 15.9. The summed E-state index contributed by atoms with van der Waals surface area (Å²) in [7, 11) is 0. The van der Waals surface area contributed by atoms with Gasteiger partial charge in [0.25, 0.3) is 0 Å². The molecule has 0 bridgehead atoms. The van der Waals surface area contributed by atoms with Crippen LogP contribution >= 0.6 is 0 Å². The Bertz CT molecular complexity index is 3610. The highest BCUT2D eigenvalue weighted by Crippen LogP contribution is 2.43. The summed E-state index contributed by atoms with van der Waals surface area (Å²) in [5.41, 5.74) is 18.4. The van der Waals surface area contributed by atoms with E-state index in [0.29, 0.717) is 0 Å². The minimum atomic E-state index is 0.904. The van der Waals surface area contributed by atoms with Gasteiger partial charge in [0.15, 0.2) is 0 Å². The number of para-hydroxylation sites is 4. The van der Waals surface area contributed by atoms with Crippen LogP contribution in [0.5, 0.6) is 0 Å². The quantitative estimate of drug-likeness (QED) is 0.153. The van der Waals surface area contributed by atoms with E-state index in [1.165, 1.54) is 71.5 Å². The van der Waals surface area contributed by atoms with Crippen molar-refractivity contribution >= 4 is 60.6 Å². The zero-order valence-corrected chi connectivity index (χ0v) is 35.3. The van der Waals surface area contributed by atoms with Crippen LogP contribution in [0.15, 0.2) is 242 Å². The van der Waals surface area contributed by atoms with Gasteiger partial charge in [-0.25, -0.2) is 4.99 Å². The number of hydrogen-bond acceptors (Lipinski definition) is 1. The number of hydrogen-bond donors (Lipinski definition) is 0. The molecule has 1 aliphatic heterocycles. The second kappa shape index (κ2) is 15.9. The lowest BCUT2D eigenvalue weighted by Crippen LogP contribution is -2.06. The molecular weight excluding hydrogens is 775 g/mol. The van der Waals surface area contributed by atoms with Crippen LogP contribution in [-0.2, 0) is 0 Å². The highest BCUT2D eigenvalue weighted by Gasteiger charge is 2.23. The average Bonchev–Trinajstić information content (AvgIpc) is 3.88. The number of benzene rings is 9. The molecular formula is C61H43N3. The molecule has 2 aromatic heterocycles. The molecule has 0 radical (unpaired) electrons. The summed E-state index contributed by atoms with van der Waals surface area (Å²) in [5, 5.41) is 4.84. The molecule has 9 aromatic carbocycles. The normalized spacial score (nSPS) is 15.6. The number of aromatic nitrogens is 2. The summed E-state index contributed by atoms with van der Waals surface area (Å²) in [6.07, 6.45) is 6.47. The molecule has 0 fully saturated rings. The molecule has 1 aliphatic rings. The molecule has 64 heavy (non-hydrogen) atoms. The van der Waals surface area contributed by atoms with Gasteiger partial charge in [-0.3, -0.25) is 0 Å². The van der Waals surface area contributed by atoms with E-state index in [4.69, 9.17) is 4.99 Å². The van der Waals surface area contributed by atoms with Crippen LogP contribution in [-0.4, -0.2) is 14.8 Å². The largest absolute Gasteiger partial charge is 0.309 e. The van der Waals surface area contributed by atoms with Crippen LogP contribution in [0.25, 0.3) is 88.5 Å². The molecule has 302 valence electrons. The van der Waals surface area contributed by atoms with Gasteiger partial charge in [-0.1, -0.05) is 182 Å². The third-order valence-electron chi connectivity index (χ3n) is 12.8. The van der Waals surface area contributed by atoms with Crippen molar-refractivity contribution in [3.8, 4) is 33.6 Å². The average molecular weight is 818 g/mol. The molecule has 3 heterocycles. The van der Waals surface area contributed by atoms with E-state index >= 15 is 0 Å². The predicted molar refractivity (Wildman–Crippen MR) is 271 cm³/mol. The van der Waals surface area contributed by atoms with Crippen molar-refractivity contribution < 1.29 is 0 Å². The summed E-state index contributed by atoms with van der Waals surface area (Å²) < 4.78 is 4.89. The Hall–Kier alpha value is -8.27. The zero-order valence-electron chi connectivity index (χ0n) is 35.3. The second-order valence-electron chi connectivity index (χ2n) is 16.6. The van der Waals surface area contributed by atoms with Gasteiger partial charge in [0.2, 0.25) is 0 Å². The van der Waals surface area contributed by atoms with Crippen LogP contribution in [0, 0.1) is 0 Å². The third-order valence-corrected chi connectivity index (χ3v) is 12.8. The first-order chi connectivity index (χ1) is 31.8. The molecule has 0 saturated carbocycles. The lowest BCUT2D eigenvalue weighted by molar-refractivity contribution is 1.06. The van der Waals surface area contributed by atoms with Crippen LogP contribution in [0.3, 0.4) is 0 Å². The molecule has 0 saturated heterocycles. The summed E-state index contributed by atoms with van der Waals surface area (Å²) >= 11 is 0. The Morgan fingerprint density at radius 3 is 1.48 bits per heavy atom. The summed E-state index contributed by atoms with van der Waals surface area (Å²) in [6, 6.07) is 81.2. The fourth-order valence-corrected chi connectivity index (χ4v) is 9.86. The van der Waals surface area contributed by atoms with Gasteiger partial charge in [0.1, 0.15) is 0 Å². The van der Waals surface area contributed by atoms with Gasteiger partial charge >= 0.3 is 0 Å². The smallest absolute Gasteiger partial charge is 0.0733 e. The van der Waals surface area contributed by atoms with E-state index in [9.17, 15) is 0 Å². The molecule has 0 unspecified atom stereocenters. The van der Waals surface area contributed by atoms with Crippen molar-refractivity contribution in [1.82, 2.24) is 9.13 Å². The van der Waals surface area contributed by atoms with Crippen molar-refractivity contribution in [3.05, 3.63) is 253 Å². The molecule has 0 N–H and O–H groups in total. The minimum absolute atomic E-state index is 0.904. The Morgan fingerprint density at radius 1 is 0.359 bits per heavy atom. The van der Waals surface area contributed by atoms with Crippen LogP contribution < -0.4 is 0 Å². The standard InChI is InChI=1S/C61H43N3/c1-6-19-42(20-7-1)45-25-16-34-56(44-23-10-3-11-24-44)62-57(41-45)53-33-18-32-52-51-31-17-30-50(60(51)64(61(52)53)49-28-14-5-15-29-49)47-36-38-59-55(40-47)54-39-46(43-21-8-2-9-22-43)35-37-58(54)63(59)48-26-12-4-13-27-48/h1-15,17-24,26-41H,16,25H2/b45-41+,56-34-,62-57+. The molecule has 0 amide bonds. The van der Waals surface area contributed by atoms with E-state index in [1.807, 2.05) is 0 Å². The molecule has 0 spiro atoms. The lowest BCUT2D eigenvalue weighted by Gasteiger charge is -2.17. The molecule has 0 aliphatic carbocycles. The van der Waals surface area contributed by atoms with Gasteiger partial charge in [0.05, 0.1) is 33.5 Å². The monoisotopic (exact) mass is 817 g/mol. The maximum Gasteiger partial charge on any atom is 0.0733 e. The number of fused-ring (bicyclic) bond motifs is 6. The number of allylic oxidation sites excluding steroid dienone is 3. The number of rotatable bonds is 7. The molecule has 11 aromatic rings. The summed E-state index contributed by atoms with van der Waals surface area (Å²) in [6.45, 7) is 0. The fourth-order valence-electron chi connectivity index (χ4n) is 9.86. The highest BCUT2D eigenvalue weighted by atomic mass is 15.0. The van der Waals surface area contributed by atoms with Crippen molar-refractivity contribution in [2.45, 2.75) is 12.8 Å². The molecule has 0 atom stereocenters. The fraction of sp³-hybridized carbons (Fsp3) is 0.0328. The van der Waals surface area contributed by atoms with Crippen LogP contribution in [0.4, 0.5) is 0 Å². The van der Waals surface area contributed by atoms with Crippen LogP contribution in [0.1, 0.15) is 29.5 Å². The Morgan fingerprint density at radius 2 is 0.859 bits per heavy atom. The van der Waals surface area contributed by atoms with Crippen molar-refractivity contribution in [1.29, 1.82) is 0 Å². The summed E-state index contributed by atoms with van der Waals surface area (Å²) in [4.78, 5) is 5.59. The van der Waals surface area contributed by atoms with Gasteiger partial charge < -0.3 is 9.13 Å². The number of aliphatic imine (C=N–C) groups is 1. The highest BCUT2D eigenvalue weighted by molar-refractivity contribution is 6.25. The van der Waals surface area contributed by atoms with E-state index in [-0.39, 0.29) is 0 Å². The van der Waals surface area contributed by atoms with Gasteiger partial charge in [-0.05, 0) is 101 Å². The van der Waals surface area contributed by atoms with E-state index in [2.05, 4.69) is 246 Å². The van der Waals surface area contributed by atoms with Crippen molar-refractivity contribution in [2.75, 3.05) is 0 Å². The van der Waals surface area contributed by atoms with Crippen LogP contribution in [0.2, 0.25) is 0 Å². The molecule has 3 heteroatoms. The van der Waals surface area contributed by atoms with Gasteiger partial charge in [-0.2, -0.15) is 0 Å². The topological polar surface area (TPSA) is 22.2 Å². The first-order valence-corrected chi connectivity index (χ1v) is 22.2. The SMILES string of the molecule is C1=C(c2ccccc2)/N=C(c2cccc3c4cccc(-c5ccc6c(c5)c5cc(-c7ccccc7)ccc5n6-c5ccccc5)c4n(-c4ccccc4)c23)\C=C(\c2ccccc2)CC\1. The lowest BCUT2D eigenvalue weighted by atomic mass is 9.94. The van der Waals surface area contributed by atoms with E-state index in [1.54, 1.807) is 0 Å². The zero-order chi connectivity index (χ0) is 42.4. The van der Waals surface area contributed by atoms with Gasteiger partial charge in [-0.15, -0.1) is 0 Å². The van der Waals surface area contributed by atoms with Gasteiger partial charge in [0, 0.05) is 44.0 Å². The first kappa shape index (κ1) is 37.5. The third kappa shape index (κ3) is 6.49. The Kier molecular flexibility index (Phi) is 9.31. The Labute approximate surface area is 372 Å². The van der Waals surface area contributed by atoms with E-state index < -0.39 is 0 Å².